The van der Waals surface area contributed by atoms with E-state index in [0.717, 1.165) is 0 Å². The van der Waals surface area contributed by atoms with Crippen molar-refractivity contribution in [3.05, 3.63) is 48.3 Å². The number of β-lactam (4-membered cyclic amide) rings is 1. The van der Waals surface area contributed by atoms with Gasteiger partial charge in [0.25, 0.3) is 5.91 Å². The molecule has 0 bridgehead atoms. The van der Waals surface area contributed by atoms with Crippen LogP contribution < -0.4 is 5.32 Å². The average Bonchev–Trinajstić information content (AvgIpc) is 3.23. The third-order valence-electron chi connectivity index (χ3n) is 3.33. The molecule has 3 rings (SSSR count). The zero-order valence-corrected chi connectivity index (χ0v) is 14.6. The number of amides is 2. The lowest BCUT2D eigenvalue weighted by atomic mass is 10.1. The predicted octanol–water partition coefficient (Wildman–Crippen LogP) is -0.141. The second-order valence-electron chi connectivity index (χ2n) is 5.37. The van der Waals surface area contributed by atoms with Gasteiger partial charge in [0.1, 0.15) is 24.0 Å². The number of carbonyl (C=O) groups excluding carboxylic acids is 2. The van der Waals surface area contributed by atoms with E-state index in [1.165, 1.54) is 12.5 Å². The number of carboxylic acids is 1. The van der Waals surface area contributed by atoms with Gasteiger partial charge < -0.3 is 19.3 Å². The van der Waals surface area contributed by atoms with Gasteiger partial charge in [-0.25, -0.2) is 4.31 Å². The van der Waals surface area contributed by atoms with Gasteiger partial charge in [-0.3, -0.25) is 18.9 Å². The first kappa shape index (κ1) is 20.2. The van der Waals surface area contributed by atoms with Crippen LogP contribution >= 0.6 is 0 Å². The molecular formula is C15H16N2O9S. The summed E-state index contributed by atoms with van der Waals surface area (Å²) in [4.78, 5) is 32.8. The summed E-state index contributed by atoms with van der Waals surface area (Å²) in [6.45, 7) is -0.262. The molecular weight excluding hydrogens is 384 g/mol. The topological polar surface area (TPSA) is 167 Å². The summed E-state index contributed by atoms with van der Waals surface area (Å²) in [5.74, 6) is -1.26. The van der Waals surface area contributed by atoms with E-state index >= 15 is 0 Å². The van der Waals surface area contributed by atoms with E-state index in [4.69, 9.17) is 18.5 Å². The minimum Gasteiger partial charge on any atom is -0.481 e. The monoisotopic (exact) mass is 400 g/mol. The molecule has 0 radical (unpaired) electrons. The fourth-order valence-corrected chi connectivity index (χ4v) is 2.78. The maximum atomic E-state index is 11.5. The molecule has 1 aliphatic heterocycles. The Morgan fingerprint density at radius 3 is 2.11 bits per heavy atom. The van der Waals surface area contributed by atoms with Gasteiger partial charge in [-0.1, -0.05) is 0 Å². The summed E-state index contributed by atoms with van der Waals surface area (Å²) < 4.78 is 39.9. The summed E-state index contributed by atoms with van der Waals surface area (Å²) in [5, 5.41) is 10.6. The van der Waals surface area contributed by atoms with Crippen molar-refractivity contribution in [2.45, 2.75) is 18.9 Å². The molecule has 3 heterocycles. The minimum atomic E-state index is -4.52. The van der Waals surface area contributed by atoms with Crippen molar-refractivity contribution in [1.29, 1.82) is 0 Å². The van der Waals surface area contributed by atoms with Gasteiger partial charge in [0.15, 0.2) is 0 Å². The minimum absolute atomic E-state index is 0.0347. The van der Waals surface area contributed by atoms with Gasteiger partial charge >= 0.3 is 16.3 Å². The summed E-state index contributed by atoms with van der Waals surface area (Å²) in [7, 11) is -4.52. The number of hydrogen-bond donors (Lipinski definition) is 3. The summed E-state index contributed by atoms with van der Waals surface area (Å²) in [5.41, 5.74) is 0. The molecule has 11 nitrogen and oxygen atoms in total. The fraction of sp³-hybridized carbons (Fsp3) is 0.267. The zero-order valence-electron chi connectivity index (χ0n) is 13.8. The maximum Gasteiger partial charge on any atom is 0.362 e. The molecule has 12 heteroatoms. The van der Waals surface area contributed by atoms with Crippen molar-refractivity contribution in [3.8, 4) is 0 Å². The Labute approximate surface area is 153 Å². The number of aliphatic carboxylic acids is 1. The molecule has 0 saturated carbocycles. The van der Waals surface area contributed by atoms with Crippen LogP contribution in [0.15, 0.2) is 45.6 Å². The number of carboxylic acid groups (broad SMARTS) is 1. The van der Waals surface area contributed by atoms with E-state index in [1.807, 2.05) is 0 Å². The Balaban J connectivity index is 0.000000244. The fourth-order valence-electron chi connectivity index (χ4n) is 2.09. The van der Waals surface area contributed by atoms with Crippen LogP contribution in [0.5, 0.6) is 0 Å². The van der Waals surface area contributed by atoms with E-state index in [2.05, 4.69) is 5.32 Å². The lowest BCUT2D eigenvalue weighted by Gasteiger charge is -2.35. The lowest BCUT2D eigenvalue weighted by molar-refractivity contribution is -0.140. The Kier molecular flexibility index (Phi) is 6.36. The molecule has 0 spiro atoms. The quantitative estimate of drug-likeness (QED) is 0.441. The first-order valence-corrected chi connectivity index (χ1v) is 8.91. The van der Waals surface area contributed by atoms with Gasteiger partial charge in [0, 0.05) is 0 Å². The molecule has 2 aromatic heterocycles. The highest BCUT2D eigenvalue weighted by Gasteiger charge is 2.44. The van der Waals surface area contributed by atoms with E-state index in [-0.39, 0.29) is 23.7 Å². The number of rotatable bonds is 6. The van der Waals surface area contributed by atoms with Crippen LogP contribution in [0, 0.1) is 0 Å². The predicted molar refractivity (Wildman–Crippen MR) is 87.7 cm³/mol. The lowest BCUT2D eigenvalue weighted by Crippen LogP contribution is -2.65. The van der Waals surface area contributed by atoms with E-state index in [1.54, 1.807) is 24.3 Å². The largest absolute Gasteiger partial charge is 0.481 e. The number of nitrogens with one attached hydrogen (secondary N) is 1. The van der Waals surface area contributed by atoms with Crippen LogP contribution in [0.2, 0.25) is 0 Å². The molecule has 2 amide bonds. The Morgan fingerprint density at radius 2 is 1.70 bits per heavy atom. The Hall–Kier alpha value is -3.12. The highest BCUT2D eigenvalue weighted by Crippen LogP contribution is 2.14. The van der Waals surface area contributed by atoms with E-state index in [0.29, 0.717) is 11.5 Å². The molecule has 1 fully saturated rings. The van der Waals surface area contributed by atoms with Crippen molar-refractivity contribution in [3.63, 3.8) is 0 Å². The molecule has 0 unspecified atom stereocenters. The average molecular weight is 400 g/mol. The smallest absolute Gasteiger partial charge is 0.362 e. The maximum absolute atomic E-state index is 11.5. The van der Waals surface area contributed by atoms with Crippen LogP contribution in [0.25, 0.3) is 0 Å². The second-order valence-corrected chi connectivity index (χ2v) is 6.71. The van der Waals surface area contributed by atoms with Gasteiger partial charge in [0.05, 0.1) is 25.5 Å². The van der Waals surface area contributed by atoms with Crippen LogP contribution in [0.1, 0.15) is 11.5 Å². The SMILES string of the molecule is O=C(Cc1ccco1)N[C@H]1CN(S(=O)(=O)O)C1=O.O=C(O)Cc1ccco1. The van der Waals surface area contributed by atoms with Crippen molar-refractivity contribution >= 4 is 28.1 Å². The molecule has 0 aliphatic carbocycles. The molecule has 3 N–H and O–H groups in total. The third-order valence-corrected chi connectivity index (χ3v) is 4.21. The second kappa shape index (κ2) is 8.51. The van der Waals surface area contributed by atoms with Crippen molar-refractivity contribution in [2.75, 3.05) is 6.54 Å². The number of hydrogen-bond acceptors (Lipinski definition) is 7. The normalized spacial score (nSPS) is 16.1. The van der Waals surface area contributed by atoms with Crippen LogP contribution in [0.3, 0.4) is 0 Å². The molecule has 1 atom stereocenters. The molecule has 1 saturated heterocycles. The van der Waals surface area contributed by atoms with Gasteiger partial charge in [-0.2, -0.15) is 8.42 Å². The number of nitrogens with zero attached hydrogens (tertiary/aromatic N) is 1. The first-order chi connectivity index (χ1) is 12.7. The van der Waals surface area contributed by atoms with Crippen molar-refractivity contribution in [1.82, 2.24) is 9.62 Å². The number of carbonyl (C=O) groups is 3. The van der Waals surface area contributed by atoms with E-state index in [9.17, 15) is 22.8 Å². The zero-order chi connectivity index (χ0) is 20.0. The standard InChI is InChI=1S/C9H10N2O6S.C6H6O3/c12-8(4-6-2-1-3-17-6)10-7-5-11(9(7)13)18(14,15)16;7-6(8)4-5-2-1-3-9-5/h1-3,7H,4-5H2,(H,10,12)(H,14,15,16);1-3H,4H2,(H,7,8)/t7-;/m0./s1. The highest BCUT2D eigenvalue weighted by atomic mass is 32.2. The summed E-state index contributed by atoms with van der Waals surface area (Å²) >= 11 is 0. The highest BCUT2D eigenvalue weighted by molar-refractivity contribution is 7.84. The van der Waals surface area contributed by atoms with Crippen LogP contribution in [-0.2, 0) is 37.5 Å². The van der Waals surface area contributed by atoms with E-state index < -0.39 is 34.1 Å². The van der Waals surface area contributed by atoms with Gasteiger partial charge in [0.2, 0.25) is 5.91 Å². The molecule has 1 aliphatic rings. The summed E-state index contributed by atoms with van der Waals surface area (Å²) in [6, 6.07) is 5.60. The van der Waals surface area contributed by atoms with Gasteiger partial charge in [-0.15, -0.1) is 0 Å². The molecule has 146 valence electrons. The van der Waals surface area contributed by atoms with Crippen LogP contribution in [0.4, 0.5) is 0 Å². The van der Waals surface area contributed by atoms with Crippen LogP contribution in [-0.4, -0.2) is 52.8 Å². The van der Waals surface area contributed by atoms with Gasteiger partial charge in [-0.05, 0) is 24.3 Å². The van der Waals surface area contributed by atoms with Crippen molar-refractivity contribution in [2.24, 2.45) is 0 Å². The summed E-state index contributed by atoms with van der Waals surface area (Å²) in [6.07, 6.45) is 2.80. The molecule has 0 aromatic carbocycles. The molecule has 27 heavy (non-hydrogen) atoms. The Morgan fingerprint density at radius 1 is 1.15 bits per heavy atom. The number of furan rings is 2. The first-order valence-electron chi connectivity index (χ1n) is 7.51. The molecule has 2 aromatic rings. The van der Waals surface area contributed by atoms with Crippen molar-refractivity contribution < 1.29 is 41.3 Å². The Bertz CT molecular complexity index is 888. The third kappa shape index (κ3) is 5.97.